The van der Waals surface area contributed by atoms with Gasteiger partial charge in [0.25, 0.3) is 5.56 Å². The van der Waals surface area contributed by atoms with Crippen LogP contribution in [0.3, 0.4) is 0 Å². The quantitative estimate of drug-likeness (QED) is 0.715. The van der Waals surface area contributed by atoms with Crippen molar-refractivity contribution < 1.29 is 4.42 Å². The number of furan rings is 1. The first-order valence-corrected chi connectivity index (χ1v) is 5.85. The Morgan fingerprint density at radius 3 is 2.79 bits per heavy atom. The van der Waals surface area contributed by atoms with Gasteiger partial charge in [-0.25, -0.2) is 4.68 Å². The summed E-state index contributed by atoms with van der Waals surface area (Å²) in [6, 6.07) is 12.3. The monoisotopic (exact) mass is 253 g/mol. The van der Waals surface area contributed by atoms with Crippen molar-refractivity contribution in [3.63, 3.8) is 0 Å². The van der Waals surface area contributed by atoms with Crippen LogP contribution in [-0.2, 0) is 6.54 Å². The zero-order valence-electron chi connectivity index (χ0n) is 10.1. The average Bonchev–Trinajstić information content (AvgIpc) is 2.96. The molecule has 5 nitrogen and oxygen atoms in total. The molecule has 0 aromatic carbocycles. The second-order valence-electron chi connectivity index (χ2n) is 4.01. The maximum atomic E-state index is 11.8. The smallest absolute Gasteiger partial charge is 0.267 e. The third kappa shape index (κ3) is 2.44. The lowest BCUT2D eigenvalue weighted by molar-refractivity contribution is 0.568. The zero-order valence-corrected chi connectivity index (χ0v) is 10.1. The Morgan fingerprint density at radius 2 is 2.05 bits per heavy atom. The second-order valence-corrected chi connectivity index (χ2v) is 4.01. The summed E-state index contributed by atoms with van der Waals surface area (Å²) in [4.78, 5) is 16.0. The van der Waals surface area contributed by atoms with Crippen molar-refractivity contribution in [3.05, 3.63) is 71.0 Å². The predicted molar refractivity (Wildman–Crippen MR) is 69.5 cm³/mol. The topological polar surface area (TPSA) is 60.9 Å². The summed E-state index contributed by atoms with van der Waals surface area (Å²) in [6.45, 7) is 0.341. The van der Waals surface area contributed by atoms with E-state index in [2.05, 4.69) is 10.1 Å². The van der Waals surface area contributed by atoms with Gasteiger partial charge in [-0.1, -0.05) is 6.07 Å². The lowest BCUT2D eigenvalue weighted by Crippen LogP contribution is -2.23. The fourth-order valence-electron chi connectivity index (χ4n) is 1.76. The molecule has 5 heteroatoms. The van der Waals surface area contributed by atoms with Crippen molar-refractivity contribution in [2.45, 2.75) is 6.54 Å². The third-order valence-electron chi connectivity index (χ3n) is 2.68. The predicted octanol–water partition coefficient (Wildman–Crippen LogP) is 1.95. The Bertz CT molecular complexity index is 718. The van der Waals surface area contributed by atoms with E-state index in [0.717, 1.165) is 5.69 Å². The van der Waals surface area contributed by atoms with Gasteiger partial charge in [0.2, 0.25) is 0 Å². The fraction of sp³-hybridized carbons (Fsp3) is 0.0714. The molecule has 0 spiro atoms. The highest BCUT2D eigenvalue weighted by Crippen LogP contribution is 2.15. The van der Waals surface area contributed by atoms with E-state index in [9.17, 15) is 4.79 Å². The minimum atomic E-state index is -0.166. The number of pyridine rings is 1. The number of hydrogen-bond acceptors (Lipinski definition) is 4. The molecule has 3 heterocycles. The van der Waals surface area contributed by atoms with Crippen LogP contribution in [0.2, 0.25) is 0 Å². The van der Waals surface area contributed by atoms with E-state index in [0.29, 0.717) is 18.0 Å². The summed E-state index contributed by atoms with van der Waals surface area (Å²) in [5.74, 6) is 0.634. The fourth-order valence-corrected chi connectivity index (χ4v) is 1.76. The molecule has 3 aromatic rings. The highest BCUT2D eigenvalue weighted by Gasteiger charge is 2.06. The van der Waals surface area contributed by atoms with Crippen LogP contribution in [0, 0.1) is 0 Å². The van der Waals surface area contributed by atoms with E-state index >= 15 is 0 Å². The van der Waals surface area contributed by atoms with Crippen LogP contribution in [0.15, 0.2) is 64.1 Å². The molecule has 0 atom stereocenters. The Labute approximate surface area is 109 Å². The molecule has 0 radical (unpaired) electrons. The lowest BCUT2D eigenvalue weighted by atomic mass is 10.3. The Morgan fingerprint density at radius 1 is 1.11 bits per heavy atom. The van der Waals surface area contributed by atoms with Gasteiger partial charge in [0.15, 0.2) is 5.76 Å². The molecule has 94 valence electrons. The maximum Gasteiger partial charge on any atom is 0.267 e. The maximum absolute atomic E-state index is 11.8. The van der Waals surface area contributed by atoms with Gasteiger partial charge in [0.05, 0.1) is 18.5 Å². The van der Waals surface area contributed by atoms with Gasteiger partial charge in [0, 0.05) is 12.3 Å². The molecular weight excluding hydrogens is 242 g/mol. The first-order chi connectivity index (χ1) is 9.33. The Kier molecular flexibility index (Phi) is 2.94. The molecule has 0 amide bonds. The first kappa shape index (κ1) is 11.4. The van der Waals surface area contributed by atoms with E-state index < -0.39 is 0 Å². The minimum Gasteiger partial charge on any atom is -0.463 e. The second kappa shape index (κ2) is 4.89. The van der Waals surface area contributed by atoms with Gasteiger partial charge in [-0.15, -0.1) is 0 Å². The minimum absolute atomic E-state index is 0.166. The van der Waals surface area contributed by atoms with Gasteiger partial charge < -0.3 is 4.42 Å². The van der Waals surface area contributed by atoms with E-state index in [1.54, 1.807) is 30.7 Å². The van der Waals surface area contributed by atoms with Crippen LogP contribution in [0.4, 0.5) is 0 Å². The molecule has 0 unspecified atom stereocenters. The summed E-state index contributed by atoms with van der Waals surface area (Å²) in [5, 5.41) is 4.28. The highest BCUT2D eigenvalue weighted by molar-refractivity contribution is 5.50. The first-order valence-electron chi connectivity index (χ1n) is 5.85. The number of aromatic nitrogens is 3. The standard InChI is InChI=1S/C14H11N3O2/c18-14-7-6-12(13-5-3-9-19-13)16-17(14)10-11-4-1-2-8-15-11/h1-9H,10H2. The van der Waals surface area contributed by atoms with Crippen LogP contribution >= 0.6 is 0 Å². The summed E-state index contributed by atoms with van der Waals surface area (Å²) in [6.07, 6.45) is 3.27. The molecule has 3 rings (SSSR count). The number of rotatable bonds is 3. The van der Waals surface area contributed by atoms with Crippen molar-refractivity contribution in [1.82, 2.24) is 14.8 Å². The average molecular weight is 253 g/mol. The van der Waals surface area contributed by atoms with E-state index in [-0.39, 0.29) is 5.56 Å². The molecule has 0 fully saturated rings. The summed E-state index contributed by atoms with van der Waals surface area (Å²) in [7, 11) is 0. The normalized spacial score (nSPS) is 10.5. The van der Waals surface area contributed by atoms with Crippen LogP contribution in [-0.4, -0.2) is 14.8 Å². The van der Waals surface area contributed by atoms with Gasteiger partial charge in [0.1, 0.15) is 5.69 Å². The molecule has 19 heavy (non-hydrogen) atoms. The molecule has 0 N–H and O–H groups in total. The third-order valence-corrected chi connectivity index (χ3v) is 2.68. The molecule has 3 aromatic heterocycles. The highest BCUT2D eigenvalue weighted by atomic mass is 16.3. The molecule has 0 aliphatic rings. The van der Waals surface area contributed by atoms with Crippen LogP contribution in [0.5, 0.6) is 0 Å². The molecule has 0 aliphatic heterocycles. The zero-order chi connectivity index (χ0) is 13.1. The molecule has 0 saturated carbocycles. The Balaban J connectivity index is 1.97. The van der Waals surface area contributed by atoms with Crippen molar-refractivity contribution >= 4 is 0 Å². The molecular formula is C14H11N3O2. The summed E-state index contributed by atoms with van der Waals surface area (Å²) in [5.41, 5.74) is 1.25. The van der Waals surface area contributed by atoms with E-state index in [1.165, 1.54) is 10.7 Å². The summed E-state index contributed by atoms with van der Waals surface area (Å²) >= 11 is 0. The lowest BCUT2D eigenvalue weighted by Gasteiger charge is -2.05. The molecule has 0 bridgehead atoms. The van der Waals surface area contributed by atoms with E-state index in [4.69, 9.17) is 4.42 Å². The van der Waals surface area contributed by atoms with Gasteiger partial charge in [-0.2, -0.15) is 5.10 Å². The summed E-state index contributed by atoms with van der Waals surface area (Å²) < 4.78 is 6.65. The largest absolute Gasteiger partial charge is 0.463 e. The van der Waals surface area contributed by atoms with Gasteiger partial charge >= 0.3 is 0 Å². The number of hydrogen-bond donors (Lipinski definition) is 0. The Hall–Kier alpha value is -2.69. The van der Waals surface area contributed by atoms with Gasteiger partial charge in [-0.3, -0.25) is 9.78 Å². The molecule has 0 aliphatic carbocycles. The van der Waals surface area contributed by atoms with Crippen LogP contribution in [0.25, 0.3) is 11.5 Å². The number of nitrogens with zero attached hydrogens (tertiary/aromatic N) is 3. The van der Waals surface area contributed by atoms with Crippen molar-refractivity contribution in [2.24, 2.45) is 0 Å². The van der Waals surface area contributed by atoms with E-state index in [1.807, 2.05) is 18.2 Å². The van der Waals surface area contributed by atoms with Crippen LogP contribution < -0.4 is 5.56 Å². The van der Waals surface area contributed by atoms with Gasteiger partial charge in [-0.05, 0) is 30.3 Å². The van der Waals surface area contributed by atoms with Crippen LogP contribution in [0.1, 0.15) is 5.69 Å². The van der Waals surface area contributed by atoms with Crippen molar-refractivity contribution in [2.75, 3.05) is 0 Å². The van der Waals surface area contributed by atoms with Crippen molar-refractivity contribution in [3.8, 4) is 11.5 Å². The SMILES string of the molecule is O=c1ccc(-c2ccco2)nn1Cc1ccccn1. The van der Waals surface area contributed by atoms with Crippen molar-refractivity contribution in [1.29, 1.82) is 0 Å². The molecule has 0 saturated heterocycles.